The number of aromatic nitrogens is 2. The third-order valence-electron chi connectivity index (χ3n) is 6.99. The molecule has 9 heteroatoms. The van der Waals surface area contributed by atoms with Crippen molar-refractivity contribution in [1.82, 2.24) is 9.97 Å². The molecule has 2 saturated heterocycles. The van der Waals surface area contributed by atoms with Gasteiger partial charge in [0.15, 0.2) is 11.9 Å². The molecule has 0 radical (unpaired) electrons. The molecule has 3 heterocycles. The van der Waals surface area contributed by atoms with Gasteiger partial charge in [-0.05, 0) is 36.1 Å². The van der Waals surface area contributed by atoms with Crippen LogP contribution < -0.4 is 4.74 Å². The minimum atomic E-state index is -0.937. The Morgan fingerprint density at radius 3 is 2.24 bits per heavy atom. The first kappa shape index (κ1) is 24.0. The summed E-state index contributed by atoms with van der Waals surface area (Å²) in [4.78, 5) is 7.03. The van der Waals surface area contributed by atoms with Gasteiger partial charge in [-0.25, -0.2) is 8.78 Å². The minimum Gasteiger partial charge on any atom is -0.456 e. The lowest BCUT2D eigenvalue weighted by atomic mass is 9.94. The number of halogens is 2. The number of imidazole rings is 1. The molecule has 37 heavy (non-hydrogen) atoms. The molecule has 4 aromatic rings. The van der Waals surface area contributed by atoms with Crippen LogP contribution in [0.5, 0.6) is 6.01 Å². The molecule has 2 aliphatic heterocycles. The summed E-state index contributed by atoms with van der Waals surface area (Å²) in [5.41, 5.74) is 1.97. The number of nitrogens with zero attached hydrogens (tertiary/aromatic N) is 1. The predicted octanol–water partition coefficient (Wildman–Crippen LogP) is 4.31. The van der Waals surface area contributed by atoms with Crippen molar-refractivity contribution < 1.29 is 33.2 Å². The Bertz CT molecular complexity index is 1450. The Kier molecular flexibility index (Phi) is 5.76. The van der Waals surface area contributed by atoms with Crippen LogP contribution >= 0.6 is 0 Å². The van der Waals surface area contributed by atoms with E-state index >= 15 is 8.78 Å². The summed E-state index contributed by atoms with van der Waals surface area (Å²) in [6, 6.07) is 15.6. The van der Waals surface area contributed by atoms with Crippen molar-refractivity contribution >= 4 is 11.0 Å². The number of aromatic amines is 1. The maximum absolute atomic E-state index is 15.5. The van der Waals surface area contributed by atoms with Crippen molar-refractivity contribution in [2.24, 2.45) is 0 Å². The Hall–Kier alpha value is -3.37. The van der Waals surface area contributed by atoms with Gasteiger partial charge >= 0.3 is 0 Å². The quantitative estimate of drug-likeness (QED) is 0.372. The smallest absolute Gasteiger partial charge is 0.295 e. The summed E-state index contributed by atoms with van der Waals surface area (Å²) in [6.45, 7) is 3.79. The standard InChI is InChI=1S/C28H26F2N2O5/c1-28(2,34)17-9-7-15(8-10-17)14-3-5-16(6-4-14)22-18(29)11-19-24(23(22)30)32-27(31-19)37-21-13-36-25-20(33)12-35-26(21)25/h3-11,20-21,25-26,33-34H,12-13H2,1-2H3,(H,31,32)/t20-,21-,25-,26-/m1/s1. The second kappa shape index (κ2) is 8.88. The monoisotopic (exact) mass is 508 g/mol. The van der Waals surface area contributed by atoms with E-state index in [-0.39, 0.29) is 35.8 Å². The second-order valence-corrected chi connectivity index (χ2v) is 10.0. The zero-order chi connectivity index (χ0) is 25.9. The van der Waals surface area contributed by atoms with Crippen molar-refractivity contribution in [3.63, 3.8) is 0 Å². The number of hydrogen-bond acceptors (Lipinski definition) is 6. The molecular weight excluding hydrogens is 482 g/mol. The number of benzene rings is 3. The lowest BCUT2D eigenvalue weighted by Crippen LogP contribution is -2.34. The number of rotatable bonds is 5. The Labute approximate surface area is 211 Å². The molecule has 2 aliphatic rings. The first-order valence-electron chi connectivity index (χ1n) is 12.1. The van der Waals surface area contributed by atoms with Gasteiger partial charge in [0.05, 0.1) is 29.9 Å². The fourth-order valence-electron chi connectivity index (χ4n) is 4.97. The molecule has 3 aromatic carbocycles. The normalized spacial score (nSPS) is 23.5. The van der Waals surface area contributed by atoms with Gasteiger partial charge in [0.2, 0.25) is 0 Å². The van der Waals surface area contributed by atoms with Gasteiger partial charge in [-0.15, -0.1) is 0 Å². The zero-order valence-electron chi connectivity index (χ0n) is 20.2. The van der Waals surface area contributed by atoms with Gasteiger partial charge in [0.25, 0.3) is 6.01 Å². The Morgan fingerprint density at radius 1 is 0.946 bits per heavy atom. The van der Waals surface area contributed by atoms with Crippen LogP contribution in [0.25, 0.3) is 33.3 Å². The molecule has 192 valence electrons. The maximum Gasteiger partial charge on any atom is 0.295 e. The van der Waals surface area contributed by atoms with Crippen molar-refractivity contribution in [1.29, 1.82) is 0 Å². The number of hydrogen-bond donors (Lipinski definition) is 3. The van der Waals surface area contributed by atoms with E-state index < -0.39 is 41.7 Å². The first-order valence-corrected chi connectivity index (χ1v) is 12.1. The highest BCUT2D eigenvalue weighted by Gasteiger charge is 2.48. The topological polar surface area (TPSA) is 96.8 Å². The fourth-order valence-corrected chi connectivity index (χ4v) is 4.97. The molecule has 1 aromatic heterocycles. The van der Waals surface area contributed by atoms with E-state index in [0.29, 0.717) is 5.56 Å². The lowest BCUT2D eigenvalue weighted by molar-refractivity contribution is 0.00706. The van der Waals surface area contributed by atoms with Crippen LogP contribution in [0.15, 0.2) is 54.6 Å². The van der Waals surface area contributed by atoms with Gasteiger partial charge in [-0.2, -0.15) is 4.98 Å². The van der Waals surface area contributed by atoms with Crippen LogP contribution in [0, 0.1) is 11.6 Å². The third kappa shape index (κ3) is 4.27. The third-order valence-corrected chi connectivity index (χ3v) is 6.99. The predicted molar refractivity (Wildman–Crippen MR) is 132 cm³/mol. The number of aliphatic hydroxyl groups excluding tert-OH is 1. The second-order valence-electron chi connectivity index (χ2n) is 10.0. The van der Waals surface area contributed by atoms with Gasteiger partial charge in [0, 0.05) is 6.07 Å². The molecule has 0 spiro atoms. The van der Waals surface area contributed by atoms with Gasteiger partial charge in [-0.3, -0.25) is 0 Å². The largest absolute Gasteiger partial charge is 0.456 e. The summed E-state index contributed by atoms with van der Waals surface area (Å²) in [5.74, 6) is -1.52. The van der Waals surface area contributed by atoms with Crippen LogP contribution in [0.1, 0.15) is 19.4 Å². The van der Waals surface area contributed by atoms with E-state index in [1.165, 1.54) is 6.07 Å². The van der Waals surface area contributed by atoms with E-state index in [1.54, 1.807) is 38.1 Å². The molecule has 0 aliphatic carbocycles. The molecule has 0 bridgehead atoms. The highest BCUT2D eigenvalue weighted by Crippen LogP contribution is 2.35. The zero-order valence-corrected chi connectivity index (χ0v) is 20.2. The molecular formula is C28H26F2N2O5. The molecule has 7 nitrogen and oxygen atoms in total. The van der Waals surface area contributed by atoms with E-state index in [9.17, 15) is 10.2 Å². The van der Waals surface area contributed by atoms with Crippen LogP contribution in [0.2, 0.25) is 0 Å². The number of ether oxygens (including phenoxy) is 3. The van der Waals surface area contributed by atoms with Crippen molar-refractivity contribution in [3.8, 4) is 28.3 Å². The fraction of sp³-hybridized carbons (Fsp3) is 0.321. The average molecular weight is 509 g/mol. The molecule has 2 fully saturated rings. The van der Waals surface area contributed by atoms with Gasteiger partial charge in [0.1, 0.15) is 29.6 Å². The van der Waals surface area contributed by atoms with Gasteiger partial charge in [-0.1, -0.05) is 48.5 Å². The number of fused-ring (bicyclic) bond motifs is 2. The Balaban J connectivity index is 1.26. The molecule has 0 unspecified atom stereocenters. The minimum absolute atomic E-state index is 0.0227. The Morgan fingerprint density at radius 2 is 1.57 bits per heavy atom. The molecule has 4 atom stereocenters. The molecule has 3 N–H and O–H groups in total. The summed E-state index contributed by atoms with van der Waals surface area (Å²) in [6.07, 6.45) is -2.18. The molecule has 0 saturated carbocycles. The maximum atomic E-state index is 15.5. The van der Waals surface area contributed by atoms with Crippen molar-refractivity contribution in [3.05, 3.63) is 71.8 Å². The van der Waals surface area contributed by atoms with Crippen LogP contribution in [0.3, 0.4) is 0 Å². The number of aliphatic hydroxyl groups is 2. The number of H-pyrrole nitrogens is 1. The highest BCUT2D eigenvalue weighted by atomic mass is 19.1. The number of nitrogens with one attached hydrogen (secondary N) is 1. The summed E-state index contributed by atoms with van der Waals surface area (Å²) < 4.78 is 47.5. The summed E-state index contributed by atoms with van der Waals surface area (Å²) in [5, 5.41) is 20.0. The molecule has 0 amide bonds. The van der Waals surface area contributed by atoms with E-state index in [1.807, 2.05) is 24.3 Å². The summed E-state index contributed by atoms with van der Waals surface area (Å²) in [7, 11) is 0. The average Bonchev–Trinajstić information content (AvgIpc) is 3.56. The summed E-state index contributed by atoms with van der Waals surface area (Å²) >= 11 is 0. The van der Waals surface area contributed by atoms with E-state index in [0.717, 1.165) is 16.7 Å². The van der Waals surface area contributed by atoms with Crippen LogP contribution in [-0.2, 0) is 15.1 Å². The molecule has 6 rings (SSSR count). The first-order chi connectivity index (χ1) is 17.7. The van der Waals surface area contributed by atoms with E-state index in [2.05, 4.69) is 9.97 Å². The highest BCUT2D eigenvalue weighted by molar-refractivity contribution is 5.84. The lowest BCUT2D eigenvalue weighted by Gasteiger charge is -2.18. The van der Waals surface area contributed by atoms with Crippen molar-refractivity contribution in [2.45, 2.75) is 43.9 Å². The SMILES string of the molecule is CC(C)(O)c1ccc(-c2ccc(-c3c(F)cc4[nH]c(O[C@@H]5CO[C@H]6[C@@H]5OC[C@H]6O)nc4c3F)cc2)cc1. The van der Waals surface area contributed by atoms with Crippen molar-refractivity contribution in [2.75, 3.05) is 13.2 Å². The van der Waals surface area contributed by atoms with E-state index in [4.69, 9.17) is 14.2 Å². The van der Waals surface area contributed by atoms with Gasteiger partial charge < -0.3 is 29.4 Å². The van der Waals surface area contributed by atoms with Crippen LogP contribution in [-0.4, -0.2) is 57.8 Å². The van der Waals surface area contributed by atoms with Crippen LogP contribution in [0.4, 0.5) is 8.78 Å².